The van der Waals surface area contributed by atoms with Crippen molar-refractivity contribution in [2.24, 2.45) is 0 Å². The Labute approximate surface area is 140 Å². The summed E-state index contributed by atoms with van der Waals surface area (Å²) in [6.45, 7) is 1.26. The Morgan fingerprint density at radius 2 is 2.00 bits per heavy atom. The van der Waals surface area contributed by atoms with Gasteiger partial charge in [-0.1, -0.05) is 17.7 Å². The van der Waals surface area contributed by atoms with Crippen LogP contribution in [0.25, 0.3) is 0 Å². The molecule has 0 unspecified atom stereocenters. The van der Waals surface area contributed by atoms with E-state index in [1.807, 2.05) is 12.1 Å². The van der Waals surface area contributed by atoms with Crippen molar-refractivity contribution in [3.8, 4) is 5.75 Å². The number of nitrogens with one attached hydrogen (secondary N) is 1. The number of aryl methyl sites for hydroxylation is 1. The van der Waals surface area contributed by atoms with Gasteiger partial charge in [-0.2, -0.15) is 0 Å². The Kier molecular flexibility index (Phi) is 7.26. The Bertz CT molecular complexity index is 555. The minimum Gasteiger partial charge on any atom is -0.494 e. The molecule has 0 fully saturated rings. The highest BCUT2D eigenvalue weighted by atomic mass is 35.5. The molecule has 1 aromatic heterocycles. The van der Waals surface area contributed by atoms with Gasteiger partial charge in [0.1, 0.15) is 5.75 Å². The summed E-state index contributed by atoms with van der Waals surface area (Å²) in [4.78, 5) is 13.0. The van der Waals surface area contributed by atoms with Gasteiger partial charge in [-0.25, -0.2) is 0 Å². The van der Waals surface area contributed by atoms with Crippen molar-refractivity contribution in [2.75, 3.05) is 13.2 Å². The number of halogens is 1. The molecule has 1 N–H and O–H groups in total. The van der Waals surface area contributed by atoms with E-state index in [-0.39, 0.29) is 5.91 Å². The Balaban J connectivity index is 1.49. The smallest absolute Gasteiger partial charge is 0.220 e. The van der Waals surface area contributed by atoms with Crippen molar-refractivity contribution in [1.29, 1.82) is 0 Å². The molecule has 3 nitrogen and oxygen atoms in total. The maximum Gasteiger partial charge on any atom is 0.220 e. The summed E-state index contributed by atoms with van der Waals surface area (Å²) in [6.07, 6.45) is 3.21. The quantitative estimate of drug-likeness (QED) is 0.692. The molecule has 118 valence electrons. The monoisotopic (exact) mass is 337 g/mol. The first-order valence-corrected chi connectivity index (χ1v) is 8.67. The van der Waals surface area contributed by atoms with E-state index in [1.165, 1.54) is 4.88 Å². The topological polar surface area (TPSA) is 38.3 Å². The molecule has 0 aliphatic carbocycles. The van der Waals surface area contributed by atoms with E-state index >= 15 is 0 Å². The summed E-state index contributed by atoms with van der Waals surface area (Å²) in [5, 5.41) is 5.71. The minimum absolute atomic E-state index is 0.0888. The molecule has 0 bridgehead atoms. The highest BCUT2D eigenvalue weighted by Crippen LogP contribution is 2.15. The van der Waals surface area contributed by atoms with Gasteiger partial charge in [0.05, 0.1) is 6.61 Å². The predicted octanol–water partition coefficient (Wildman–Crippen LogP) is 4.31. The van der Waals surface area contributed by atoms with Gasteiger partial charge in [-0.15, -0.1) is 11.3 Å². The molecule has 0 saturated carbocycles. The lowest BCUT2D eigenvalue weighted by Crippen LogP contribution is -2.24. The third-order valence-electron chi connectivity index (χ3n) is 3.13. The van der Waals surface area contributed by atoms with Gasteiger partial charge in [-0.05, 0) is 55.0 Å². The average molecular weight is 338 g/mol. The van der Waals surface area contributed by atoms with Gasteiger partial charge >= 0.3 is 0 Å². The van der Waals surface area contributed by atoms with Gasteiger partial charge in [0.2, 0.25) is 5.91 Å². The number of ether oxygens (including phenoxy) is 1. The highest BCUT2D eigenvalue weighted by Gasteiger charge is 2.02. The van der Waals surface area contributed by atoms with Crippen LogP contribution in [0, 0.1) is 0 Å². The molecular formula is C17H20ClNO2S. The molecular weight excluding hydrogens is 318 g/mol. The fourth-order valence-corrected chi connectivity index (χ4v) is 2.86. The van der Waals surface area contributed by atoms with Gasteiger partial charge in [0.25, 0.3) is 0 Å². The summed E-state index contributed by atoms with van der Waals surface area (Å²) >= 11 is 7.56. The first-order valence-electron chi connectivity index (χ1n) is 7.41. The van der Waals surface area contributed by atoms with Crippen molar-refractivity contribution in [3.05, 3.63) is 51.7 Å². The number of carbonyl (C=O) groups is 1. The molecule has 0 atom stereocenters. The van der Waals surface area contributed by atoms with Crippen molar-refractivity contribution in [1.82, 2.24) is 5.32 Å². The summed E-state index contributed by atoms with van der Waals surface area (Å²) in [6, 6.07) is 11.4. The van der Waals surface area contributed by atoms with Gasteiger partial charge < -0.3 is 10.1 Å². The number of hydrogen-bond donors (Lipinski definition) is 1. The van der Waals surface area contributed by atoms with Gasteiger partial charge in [0, 0.05) is 22.9 Å². The number of carbonyl (C=O) groups excluding carboxylic acids is 1. The zero-order valence-corrected chi connectivity index (χ0v) is 14.0. The fraction of sp³-hybridized carbons (Fsp3) is 0.353. The fourth-order valence-electron chi connectivity index (χ4n) is 1.99. The second kappa shape index (κ2) is 9.49. The first-order chi connectivity index (χ1) is 10.7. The Morgan fingerprint density at radius 3 is 2.73 bits per heavy atom. The van der Waals surface area contributed by atoms with Gasteiger partial charge in [-0.3, -0.25) is 4.79 Å². The van der Waals surface area contributed by atoms with Crippen LogP contribution in [0.3, 0.4) is 0 Å². The van der Waals surface area contributed by atoms with Crippen LogP contribution in [0.1, 0.15) is 24.1 Å². The van der Waals surface area contributed by atoms with Crippen LogP contribution >= 0.6 is 22.9 Å². The van der Waals surface area contributed by atoms with Crippen LogP contribution in [0.2, 0.25) is 5.02 Å². The number of thiophene rings is 1. The van der Waals surface area contributed by atoms with Crippen LogP contribution in [-0.4, -0.2) is 19.1 Å². The number of benzene rings is 1. The molecule has 2 rings (SSSR count). The molecule has 0 aliphatic rings. The second-order valence-electron chi connectivity index (χ2n) is 4.94. The first kappa shape index (κ1) is 16.8. The average Bonchev–Trinajstić information content (AvgIpc) is 3.03. The molecule has 0 radical (unpaired) electrons. The SMILES string of the molecule is O=C(CCCOc1ccc(Cl)cc1)NCCCc1cccs1. The van der Waals surface area contributed by atoms with Crippen LogP contribution in [0.15, 0.2) is 41.8 Å². The van der Waals surface area contributed by atoms with E-state index in [2.05, 4.69) is 22.8 Å². The third kappa shape index (κ3) is 6.50. The predicted molar refractivity (Wildman–Crippen MR) is 91.8 cm³/mol. The number of hydrogen-bond acceptors (Lipinski definition) is 3. The van der Waals surface area contributed by atoms with Crippen LogP contribution in [0.4, 0.5) is 0 Å². The van der Waals surface area contributed by atoms with E-state index in [0.29, 0.717) is 24.5 Å². The van der Waals surface area contributed by atoms with Crippen molar-refractivity contribution in [2.45, 2.75) is 25.7 Å². The number of rotatable bonds is 9. The standard InChI is InChI=1S/C17H20ClNO2S/c18-14-7-9-15(10-8-14)21-12-2-6-17(20)19-11-1-4-16-5-3-13-22-16/h3,5,7-10,13H,1-2,4,6,11-12H2,(H,19,20). The van der Waals surface area contributed by atoms with Crippen LogP contribution in [-0.2, 0) is 11.2 Å². The zero-order chi connectivity index (χ0) is 15.6. The summed E-state index contributed by atoms with van der Waals surface area (Å²) < 4.78 is 5.55. The number of amides is 1. The summed E-state index contributed by atoms with van der Waals surface area (Å²) in [5.74, 6) is 0.867. The minimum atomic E-state index is 0.0888. The van der Waals surface area contributed by atoms with E-state index in [1.54, 1.807) is 23.5 Å². The maximum atomic E-state index is 11.7. The zero-order valence-electron chi connectivity index (χ0n) is 12.4. The lowest BCUT2D eigenvalue weighted by Gasteiger charge is -2.07. The van der Waals surface area contributed by atoms with E-state index in [4.69, 9.17) is 16.3 Å². The molecule has 2 aromatic rings. The normalized spacial score (nSPS) is 10.4. The van der Waals surface area contributed by atoms with Gasteiger partial charge in [0.15, 0.2) is 0 Å². The van der Waals surface area contributed by atoms with Crippen molar-refractivity contribution in [3.63, 3.8) is 0 Å². The van der Waals surface area contributed by atoms with Crippen molar-refractivity contribution >= 4 is 28.8 Å². The molecule has 5 heteroatoms. The summed E-state index contributed by atoms with van der Waals surface area (Å²) in [7, 11) is 0. The lowest BCUT2D eigenvalue weighted by molar-refractivity contribution is -0.121. The second-order valence-corrected chi connectivity index (χ2v) is 6.41. The van der Waals surface area contributed by atoms with Crippen LogP contribution < -0.4 is 10.1 Å². The molecule has 1 aromatic carbocycles. The van der Waals surface area contributed by atoms with E-state index < -0.39 is 0 Å². The molecule has 0 spiro atoms. The lowest BCUT2D eigenvalue weighted by atomic mass is 10.2. The Hall–Kier alpha value is -1.52. The van der Waals surface area contributed by atoms with Crippen molar-refractivity contribution < 1.29 is 9.53 Å². The van der Waals surface area contributed by atoms with E-state index in [0.717, 1.165) is 25.1 Å². The highest BCUT2D eigenvalue weighted by molar-refractivity contribution is 7.09. The molecule has 0 aliphatic heterocycles. The third-order valence-corrected chi connectivity index (χ3v) is 4.32. The summed E-state index contributed by atoms with van der Waals surface area (Å²) in [5.41, 5.74) is 0. The van der Waals surface area contributed by atoms with Crippen LogP contribution in [0.5, 0.6) is 5.75 Å². The Morgan fingerprint density at radius 1 is 1.18 bits per heavy atom. The molecule has 1 amide bonds. The molecule has 22 heavy (non-hydrogen) atoms. The molecule has 1 heterocycles. The largest absolute Gasteiger partial charge is 0.494 e. The maximum absolute atomic E-state index is 11.7. The molecule has 0 saturated heterocycles. The van der Waals surface area contributed by atoms with E-state index in [9.17, 15) is 4.79 Å².